The van der Waals surface area contributed by atoms with Gasteiger partial charge < -0.3 is 9.64 Å². The Balaban J connectivity index is 1.88. The van der Waals surface area contributed by atoms with E-state index >= 15 is 0 Å². The van der Waals surface area contributed by atoms with Gasteiger partial charge in [0.05, 0.1) is 4.92 Å². The van der Waals surface area contributed by atoms with Crippen molar-refractivity contribution in [3.05, 3.63) is 39.9 Å². The van der Waals surface area contributed by atoms with Gasteiger partial charge in [-0.25, -0.2) is 4.79 Å². The number of β-lactam (4-membered cyclic amide) rings is 1. The van der Waals surface area contributed by atoms with E-state index in [2.05, 4.69) is 0 Å². The van der Waals surface area contributed by atoms with Crippen molar-refractivity contribution in [2.45, 2.75) is 30.7 Å². The molecule has 0 saturated carbocycles. The summed E-state index contributed by atoms with van der Waals surface area (Å²) in [7, 11) is 0. The number of rotatable bonds is 6. The van der Waals surface area contributed by atoms with Gasteiger partial charge in [-0.15, -0.1) is 0 Å². The molecule has 1 amide bonds. The van der Waals surface area contributed by atoms with Gasteiger partial charge in [-0.1, -0.05) is 23.4 Å². The number of alkyl halides is 1. The highest BCUT2D eigenvalue weighted by atomic mass is 35.5. The number of hydrogen-bond acceptors (Lipinski definition) is 7. The summed E-state index contributed by atoms with van der Waals surface area (Å²) in [6.07, 6.45) is 0. The molecular formula is C15H15ClN2O6S. The summed E-state index contributed by atoms with van der Waals surface area (Å²) < 4.78 is 4.13. The minimum absolute atomic E-state index is 0.0706. The maximum atomic E-state index is 12.1. The Bertz CT molecular complexity index is 725. The van der Waals surface area contributed by atoms with Gasteiger partial charge in [0, 0.05) is 25.6 Å². The van der Waals surface area contributed by atoms with Gasteiger partial charge in [0.15, 0.2) is 5.12 Å². The maximum Gasteiger partial charge on any atom is 0.344 e. The van der Waals surface area contributed by atoms with Crippen LogP contribution in [0.5, 0.6) is 0 Å². The van der Waals surface area contributed by atoms with Crippen LogP contribution in [-0.2, 0) is 25.7 Å². The Morgan fingerprint density at radius 1 is 1.44 bits per heavy atom. The number of nitrogens with zero attached hydrogens (tertiary/aromatic N) is 2. The fourth-order valence-corrected chi connectivity index (χ4v) is 3.58. The molecule has 1 aliphatic rings. The molecule has 1 aromatic rings. The van der Waals surface area contributed by atoms with Crippen LogP contribution >= 0.6 is 23.4 Å². The highest BCUT2D eigenvalue weighted by molar-refractivity contribution is 8.15. The minimum Gasteiger partial charge on any atom is -0.458 e. The van der Waals surface area contributed by atoms with Crippen LogP contribution in [0.2, 0.25) is 0 Å². The van der Waals surface area contributed by atoms with E-state index in [1.165, 1.54) is 31.2 Å². The highest BCUT2D eigenvalue weighted by Crippen LogP contribution is 2.38. The summed E-state index contributed by atoms with van der Waals surface area (Å²) in [5, 5.41) is 10.4. The molecule has 2 unspecified atom stereocenters. The molecule has 25 heavy (non-hydrogen) atoms. The van der Waals surface area contributed by atoms with E-state index < -0.39 is 27.0 Å². The van der Waals surface area contributed by atoms with Gasteiger partial charge in [0.25, 0.3) is 5.69 Å². The molecule has 0 spiro atoms. The zero-order valence-corrected chi connectivity index (χ0v) is 15.0. The third-order valence-corrected chi connectivity index (χ3v) is 5.01. The SMILES string of the molecule is CC(=O)SC1(C)CN(C(Cl)C(=O)OCc2ccc([N+](=O)[O-])cc2)C1=O. The second-order valence-corrected chi connectivity index (χ2v) is 7.72. The Morgan fingerprint density at radius 3 is 2.52 bits per heavy atom. The summed E-state index contributed by atoms with van der Waals surface area (Å²) in [6.45, 7) is 3.02. The molecule has 1 fully saturated rings. The molecule has 10 heteroatoms. The van der Waals surface area contributed by atoms with Gasteiger partial charge in [-0.05, 0) is 24.6 Å². The van der Waals surface area contributed by atoms with Crippen LogP contribution in [0.1, 0.15) is 19.4 Å². The average molecular weight is 387 g/mol. The molecule has 2 rings (SSSR count). The van der Waals surface area contributed by atoms with Crippen molar-refractivity contribution in [1.82, 2.24) is 4.90 Å². The summed E-state index contributed by atoms with van der Waals surface area (Å²) in [4.78, 5) is 46.4. The van der Waals surface area contributed by atoms with Crippen molar-refractivity contribution in [3.8, 4) is 0 Å². The van der Waals surface area contributed by atoms with Crippen molar-refractivity contribution < 1.29 is 24.0 Å². The Labute approximate surface area is 152 Å². The molecular weight excluding hydrogens is 372 g/mol. The lowest BCUT2D eigenvalue weighted by Gasteiger charge is -2.46. The standard InChI is InChI=1S/C15H15ClN2O6S/c1-9(19)25-15(2)8-17(14(15)21)12(16)13(20)24-7-10-3-5-11(6-4-10)18(22)23/h3-6,12H,7-8H2,1-2H3. The second-order valence-electron chi connectivity index (χ2n) is 5.62. The molecule has 134 valence electrons. The number of nitro groups is 1. The highest BCUT2D eigenvalue weighted by Gasteiger charge is 2.53. The molecule has 1 heterocycles. The fourth-order valence-electron chi connectivity index (χ4n) is 2.32. The lowest BCUT2D eigenvalue weighted by Crippen LogP contribution is -2.66. The van der Waals surface area contributed by atoms with Crippen molar-refractivity contribution in [2.75, 3.05) is 6.54 Å². The van der Waals surface area contributed by atoms with Crippen molar-refractivity contribution in [1.29, 1.82) is 0 Å². The molecule has 0 aliphatic carbocycles. The molecule has 8 nitrogen and oxygen atoms in total. The van der Waals surface area contributed by atoms with Crippen LogP contribution in [0, 0.1) is 10.1 Å². The number of halogens is 1. The lowest BCUT2D eigenvalue weighted by atomic mass is 10.0. The second kappa shape index (κ2) is 7.40. The van der Waals surface area contributed by atoms with Crippen molar-refractivity contribution in [2.24, 2.45) is 0 Å². The summed E-state index contributed by atoms with van der Waals surface area (Å²) in [5.74, 6) is -1.21. The Morgan fingerprint density at radius 2 is 2.04 bits per heavy atom. The maximum absolute atomic E-state index is 12.1. The first kappa shape index (κ1) is 19.2. The number of carbonyl (C=O) groups excluding carboxylic acids is 3. The number of thioether (sulfide) groups is 1. The number of amides is 1. The van der Waals surface area contributed by atoms with E-state index in [4.69, 9.17) is 16.3 Å². The first-order valence-corrected chi connectivity index (χ1v) is 8.44. The molecule has 0 N–H and O–H groups in total. The van der Waals surface area contributed by atoms with E-state index in [0.717, 1.165) is 16.7 Å². The van der Waals surface area contributed by atoms with Crippen molar-refractivity contribution >= 4 is 46.0 Å². The van der Waals surface area contributed by atoms with E-state index in [1.54, 1.807) is 6.92 Å². The molecule has 1 saturated heterocycles. The Kier molecular flexibility index (Phi) is 5.69. The van der Waals surface area contributed by atoms with E-state index in [0.29, 0.717) is 5.56 Å². The first-order chi connectivity index (χ1) is 11.6. The van der Waals surface area contributed by atoms with Crippen molar-refractivity contribution in [3.63, 3.8) is 0 Å². The predicted molar refractivity (Wildman–Crippen MR) is 90.9 cm³/mol. The topological polar surface area (TPSA) is 107 Å². The van der Waals surface area contributed by atoms with Crippen LogP contribution in [0.25, 0.3) is 0 Å². The van der Waals surface area contributed by atoms with E-state index in [9.17, 15) is 24.5 Å². The van der Waals surface area contributed by atoms with Gasteiger partial charge in [0.2, 0.25) is 11.4 Å². The summed E-state index contributed by atoms with van der Waals surface area (Å²) >= 11 is 6.87. The predicted octanol–water partition coefficient (Wildman–Crippen LogP) is 2.08. The third kappa shape index (κ3) is 4.29. The van der Waals surface area contributed by atoms with E-state index in [1.807, 2.05) is 0 Å². The number of nitro benzene ring substituents is 1. The van der Waals surface area contributed by atoms with Crippen LogP contribution < -0.4 is 0 Å². The number of carbonyl (C=O) groups is 3. The molecule has 2 atom stereocenters. The van der Waals surface area contributed by atoms with Crippen LogP contribution in [0.3, 0.4) is 0 Å². The number of likely N-dealkylation sites (tertiary alicyclic amines) is 1. The van der Waals surface area contributed by atoms with E-state index in [-0.39, 0.29) is 24.0 Å². The Hall–Kier alpha value is -2.13. The number of esters is 1. The molecule has 0 bridgehead atoms. The van der Waals surface area contributed by atoms with Gasteiger partial charge in [-0.3, -0.25) is 19.7 Å². The van der Waals surface area contributed by atoms with Crippen LogP contribution in [-0.4, -0.2) is 43.6 Å². The van der Waals surface area contributed by atoms with Gasteiger partial charge in [-0.2, -0.15) is 0 Å². The molecule has 1 aliphatic heterocycles. The number of hydrogen-bond donors (Lipinski definition) is 0. The zero-order chi connectivity index (χ0) is 18.8. The smallest absolute Gasteiger partial charge is 0.344 e. The average Bonchev–Trinajstić information content (AvgIpc) is 2.56. The summed E-state index contributed by atoms with van der Waals surface area (Å²) in [6, 6.07) is 5.52. The molecule has 1 aromatic carbocycles. The zero-order valence-electron chi connectivity index (χ0n) is 13.4. The van der Waals surface area contributed by atoms with Gasteiger partial charge in [0.1, 0.15) is 11.4 Å². The minimum atomic E-state index is -1.29. The summed E-state index contributed by atoms with van der Waals surface area (Å²) in [5.41, 5.74) is -0.806. The normalized spacial score (nSPS) is 20.6. The third-order valence-electron chi connectivity index (χ3n) is 3.55. The molecule has 0 aromatic heterocycles. The largest absolute Gasteiger partial charge is 0.458 e. The number of non-ortho nitro benzene ring substituents is 1. The fraction of sp³-hybridized carbons (Fsp3) is 0.400. The van der Waals surface area contributed by atoms with Gasteiger partial charge >= 0.3 is 5.97 Å². The number of ether oxygens (including phenoxy) is 1. The first-order valence-electron chi connectivity index (χ1n) is 7.19. The monoisotopic (exact) mass is 386 g/mol. The van der Waals surface area contributed by atoms with Crippen LogP contribution in [0.4, 0.5) is 5.69 Å². The van der Waals surface area contributed by atoms with Crippen LogP contribution in [0.15, 0.2) is 24.3 Å². The quantitative estimate of drug-likeness (QED) is 0.184. The number of benzene rings is 1. The lowest BCUT2D eigenvalue weighted by molar-refractivity contribution is -0.384. The molecule has 0 radical (unpaired) electrons.